The van der Waals surface area contributed by atoms with E-state index in [9.17, 15) is 0 Å². The zero-order chi connectivity index (χ0) is 10.1. The van der Waals surface area contributed by atoms with Gasteiger partial charge in [-0.1, -0.05) is 18.7 Å². The van der Waals surface area contributed by atoms with Gasteiger partial charge in [0, 0.05) is 7.05 Å². The molecular weight excluding hydrogens is 198 g/mol. The van der Waals surface area contributed by atoms with Gasteiger partial charge in [0.1, 0.15) is 5.82 Å². The highest BCUT2D eigenvalue weighted by Crippen LogP contribution is 2.21. The predicted molar refractivity (Wildman–Crippen MR) is 57.1 cm³/mol. The van der Waals surface area contributed by atoms with Crippen LogP contribution in [-0.4, -0.2) is 25.5 Å². The molecule has 2 aromatic heterocycles. The summed E-state index contributed by atoms with van der Waals surface area (Å²) in [5.41, 5.74) is 6.57. The second-order valence-electron chi connectivity index (χ2n) is 2.83. The van der Waals surface area contributed by atoms with Gasteiger partial charge in [-0.05, 0) is 5.75 Å². The highest BCUT2D eigenvalue weighted by Gasteiger charge is 2.08. The Morgan fingerprint density at radius 3 is 3.00 bits per heavy atom. The van der Waals surface area contributed by atoms with Crippen molar-refractivity contribution >= 4 is 28.6 Å². The molecule has 0 aromatic carbocycles. The third-order valence-corrected chi connectivity index (χ3v) is 2.60. The molecule has 0 atom stereocenters. The van der Waals surface area contributed by atoms with Crippen molar-refractivity contribution in [3.8, 4) is 0 Å². The molecule has 0 fully saturated rings. The van der Waals surface area contributed by atoms with Crippen molar-refractivity contribution < 1.29 is 0 Å². The van der Waals surface area contributed by atoms with E-state index < -0.39 is 0 Å². The summed E-state index contributed by atoms with van der Waals surface area (Å²) in [5, 5.41) is 5.60. The fourth-order valence-corrected chi connectivity index (χ4v) is 1.79. The number of aryl methyl sites for hydroxylation is 1. The lowest BCUT2D eigenvalue weighted by Crippen LogP contribution is -1.98. The van der Waals surface area contributed by atoms with E-state index in [4.69, 9.17) is 5.73 Å². The lowest BCUT2D eigenvalue weighted by atomic mass is 10.4. The molecule has 14 heavy (non-hydrogen) atoms. The van der Waals surface area contributed by atoms with E-state index in [1.807, 2.05) is 7.05 Å². The van der Waals surface area contributed by atoms with Crippen molar-refractivity contribution in [2.75, 3.05) is 11.5 Å². The van der Waals surface area contributed by atoms with Gasteiger partial charge >= 0.3 is 0 Å². The number of aromatic nitrogens is 4. The van der Waals surface area contributed by atoms with Gasteiger partial charge in [0.25, 0.3) is 0 Å². The third-order valence-electron chi connectivity index (χ3n) is 1.87. The molecule has 2 aromatic rings. The first-order valence-corrected chi connectivity index (χ1v) is 5.29. The normalized spacial score (nSPS) is 11.0. The maximum Gasteiger partial charge on any atom is 0.191 e. The van der Waals surface area contributed by atoms with E-state index in [1.165, 1.54) is 0 Å². The lowest BCUT2D eigenvalue weighted by Gasteiger charge is -2.00. The Bertz CT molecular complexity index is 464. The van der Waals surface area contributed by atoms with Crippen LogP contribution in [0, 0.1) is 0 Å². The summed E-state index contributed by atoms with van der Waals surface area (Å²) >= 11 is 1.57. The summed E-state index contributed by atoms with van der Waals surface area (Å²) in [5.74, 6) is 1.43. The average Bonchev–Trinajstić information content (AvgIpc) is 2.49. The summed E-state index contributed by atoms with van der Waals surface area (Å²) in [4.78, 5) is 8.54. The fourth-order valence-electron chi connectivity index (χ4n) is 1.22. The number of rotatable bonds is 2. The smallest absolute Gasteiger partial charge is 0.191 e. The maximum atomic E-state index is 5.78. The molecule has 0 aliphatic carbocycles. The molecule has 2 rings (SSSR count). The zero-order valence-corrected chi connectivity index (χ0v) is 8.88. The van der Waals surface area contributed by atoms with Gasteiger partial charge in [-0.3, -0.25) is 4.68 Å². The Labute approximate surface area is 85.7 Å². The number of nitrogens with two attached hydrogens (primary N) is 1. The van der Waals surface area contributed by atoms with Crippen molar-refractivity contribution in [1.29, 1.82) is 0 Å². The second kappa shape index (κ2) is 3.45. The highest BCUT2D eigenvalue weighted by molar-refractivity contribution is 7.99. The summed E-state index contributed by atoms with van der Waals surface area (Å²) in [6.07, 6.45) is 1.69. The SMILES string of the molecule is CCSc1nc(N)c2cnn(C)c2n1. The minimum Gasteiger partial charge on any atom is -0.383 e. The number of nitrogen functional groups attached to an aromatic ring is 1. The number of anilines is 1. The van der Waals surface area contributed by atoms with E-state index in [1.54, 1.807) is 22.6 Å². The number of thioether (sulfide) groups is 1. The number of hydrogen-bond acceptors (Lipinski definition) is 5. The van der Waals surface area contributed by atoms with E-state index >= 15 is 0 Å². The van der Waals surface area contributed by atoms with Crippen LogP contribution in [0.4, 0.5) is 5.82 Å². The maximum absolute atomic E-state index is 5.78. The van der Waals surface area contributed by atoms with Gasteiger partial charge in [0.2, 0.25) is 0 Å². The molecule has 2 N–H and O–H groups in total. The summed E-state index contributed by atoms with van der Waals surface area (Å²) < 4.78 is 1.70. The third kappa shape index (κ3) is 1.41. The molecular formula is C8H11N5S. The Morgan fingerprint density at radius 1 is 1.50 bits per heavy atom. The topological polar surface area (TPSA) is 69.6 Å². The Balaban J connectivity index is 2.63. The molecule has 0 amide bonds. The van der Waals surface area contributed by atoms with Crippen molar-refractivity contribution in [2.24, 2.45) is 7.05 Å². The molecule has 0 unspecified atom stereocenters. The van der Waals surface area contributed by atoms with Crippen LogP contribution >= 0.6 is 11.8 Å². The molecule has 5 nitrogen and oxygen atoms in total. The van der Waals surface area contributed by atoms with Crippen LogP contribution in [0.1, 0.15) is 6.92 Å². The molecule has 0 spiro atoms. The molecule has 0 bridgehead atoms. The first-order valence-electron chi connectivity index (χ1n) is 4.30. The van der Waals surface area contributed by atoms with E-state index in [0.717, 1.165) is 16.8 Å². The zero-order valence-electron chi connectivity index (χ0n) is 8.06. The van der Waals surface area contributed by atoms with Crippen LogP contribution in [0.5, 0.6) is 0 Å². The number of fused-ring (bicyclic) bond motifs is 1. The van der Waals surface area contributed by atoms with E-state index in [0.29, 0.717) is 11.0 Å². The highest BCUT2D eigenvalue weighted by atomic mass is 32.2. The van der Waals surface area contributed by atoms with Gasteiger partial charge in [0.15, 0.2) is 10.8 Å². The minimum atomic E-state index is 0.499. The van der Waals surface area contributed by atoms with Gasteiger partial charge in [-0.25, -0.2) is 9.97 Å². The van der Waals surface area contributed by atoms with E-state index in [2.05, 4.69) is 22.0 Å². The van der Waals surface area contributed by atoms with E-state index in [-0.39, 0.29) is 0 Å². The second-order valence-corrected chi connectivity index (χ2v) is 4.06. The summed E-state index contributed by atoms with van der Waals surface area (Å²) in [7, 11) is 1.84. The Morgan fingerprint density at radius 2 is 2.29 bits per heavy atom. The van der Waals surface area contributed by atoms with Crippen LogP contribution in [0.3, 0.4) is 0 Å². The van der Waals surface area contributed by atoms with Crippen LogP contribution in [0.2, 0.25) is 0 Å². The van der Waals surface area contributed by atoms with Gasteiger partial charge in [0.05, 0.1) is 11.6 Å². The minimum absolute atomic E-state index is 0.499. The standard InChI is InChI=1S/C8H11N5S/c1-3-14-8-11-6(9)5-4-10-13(2)7(5)12-8/h4H,3H2,1-2H3,(H2,9,11,12). The average molecular weight is 209 g/mol. The largest absolute Gasteiger partial charge is 0.383 e. The van der Waals surface area contributed by atoms with Crippen molar-refractivity contribution in [3.63, 3.8) is 0 Å². The monoisotopic (exact) mass is 209 g/mol. The Kier molecular flexibility index (Phi) is 2.28. The molecule has 6 heteroatoms. The molecule has 0 aliphatic rings. The molecule has 0 saturated heterocycles. The summed E-state index contributed by atoms with van der Waals surface area (Å²) in [6, 6.07) is 0. The number of nitrogens with zero attached hydrogens (tertiary/aromatic N) is 4. The molecule has 2 heterocycles. The van der Waals surface area contributed by atoms with Crippen LogP contribution < -0.4 is 5.73 Å². The fraction of sp³-hybridized carbons (Fsp3) is 0.375. The first-order chi connectivity index (χ1) is 6.72. The first kappa shape index (κ1) is 9.26. The molecule has 0 radical (unpaired) electrons. The molecule has 74 valence electrons. The summed E-state index contributed by atoms with van der Waals surface area (Å²) in [6.45, 7) is 2.05. The number of hydrogen-bond donors (Lipinski definition) is 1. The van der Waals surface area contributed by atoms with Crippen LogP contribution in [0.25, 0.3) is 11.0 Å². The van der Waals surface area contributed by atoms with Crippen LogP contribution in [0.15, 0.2) is 11.4 Å². The Hall–Kier alpha value is -1.30. The quantitative estimate of drug-likeness (QED) is 0.591. The van der Waals surface area contributed by atoms with Gasteiger partial charge in [-0.15, -0.1) is 0 Å². The predicted octanol–water partition coefficient (Wildman–Crippen LogP) is 1.06. The van der Waals surface area contributed by atoms with Crippen molar-refractivity contribution in [1.82, 2.24) is 19.7 Å². The lowest BCUT2D eigenvalue weighted by molar-refractivity contribution is 0.778. The van der Waals surface area contributed by atoms with Crippen LogP contribution in [-0.2, 0) is 7.05 Å². The van der Waals surface area contributed by atoms with Crippen molar-refractivity contribution in [3.05, 3.63) is 6.20 Å². The van der Waals surface area contributed by atoms with Crippen molar-refractivity contribution in [2.45, 2.75) is 12.1 Å². The van der Waals surface area contributed by atoms with Gasteiger partial charge in [-0.2, -0.15) is 5.10 Å². The molecule has 0 aliphatic heterocycles. The molecule has 0 saturated carbocycles. The van der Waals surface area contributed by atoms with Gasteiger partial charge < -0.3 is 5.73 Å².